The standard InChI is InChI=1S/C22H18Br2N2O5/c1-29-19-10-15-6-4-3-5-14(15)9-16(19)22(28)26-25-11-13-7-17(23)21(18(24)8-13)31-12-20(27)30-2/h3-11H,12H2,1-2H3,(H,26,28)/b25-11-. The predicted octanol–water partition coefficient (Wildman–Crippen LogP) is 4.69. The summed E-state index contributed by atoms with van der Waals surface area (Å²) in [5, 5.41) is 5.94. The Balaban J connectivity index is 1.74. The third-order valence-electron chi connectivity index (χ3n) is 4.27. The Kier molecular flexibility index (Phi) is 7.64. The molecule has 9 heteroatoms. The Morgan fingerprint density at radius 2 is 1.68 bits per heavy atom. The van der Waals surface area contributed by atoms with Crippen LogP contribution in [-0.4, -0.2) is 38.9 Å². The van der Waals surface area contributed by atoms with E-state index in [1.807, 2.05) is 30.3 Å². The number of rotatable bonds is 7. The van der Waals surface area contributed by atoms with Crippen LogP contribution < -0.4 is 14.9 Å². The summed E-state index contributed by atoms with van der Waals surface area (Å²) in [4.78, 5) is 23.9. The Labute approximate surface area is 195 Å². The first-order chi connectivity index (χ1) is 14.9. The first-order valence-electron chi connectivity index (χ1n) is 9.01. The summed E-state index contributed by atoms with van der Waals surface area (Å²) in [7, 11) is 2.81. The number of esters is 1. The second-order valence-corrected chi connectivity index (χ2v) is 7.99. The number of nitrogens with zero attached hydrogens (tertiary/aromatic N) is 1. The van der Waals surface area contributed by atoms with E-state index < -0.39 is 11.9 Å². The van der Waals surface area contributed by atoms with Crippen molar-refractivity contribution in [2.45, 2.75) is 0 Å². The number of hydrazone groups is 1. The monoisotopic (exact) mass is 548 g/mol. The molecule has 3 aromatic rings. The van der Waals surface area contributed by atoms with Crippen molar-refractivity contribution in [2.24, 2.45) is 5.10 Å². The second kappa shape index (κ2) is 10.4. The minimum Gasteiger partial charge on any atom is -0.496 e. The first-order valence-corrected chi connectivity index (χ1v) is 10.6. The van der Waals surface area contributed by atoms with Crippen LogP contribution >= 0.6 is 31.9 Å². The molecule has 7 nitrogen and oxygen atoms in total. The van der Waals surface area contributed by atoms with Crippen molar-refractivity contribution in [1.29, 1.82) is 0 Å². The number of hydrogen-bond acceptors (Lipinski definition) is 6. The number of fused-ring (bicyclic) bond motifs is 1. The van der Waals surface area contributed by atoms with E-state index >= 15 is 0 Å². The van der Waals surface area contributed by atoms with Crippen LogP contribution in [0.4, 0.5) is 0 Å². The van der Waals surface area contributed by atoms with Crippen molar-refractivity contribution in [2.75, 3.05) is 20.8 Å². The van der Waals surface area contributed by atoms with Gasteiger partial charge in [-0.3, -0.25) is 4.79 Å². The Morgan fingerprint density at radius 3 is 2.29 bits per heavy atom. The van der Waals surface area contributed by atoms with Crippen LogP contribution in [0.3, 0.4) is 0 Å². The number of nitrogens with one attached hydrogen (secondary N) is 1. The molecule has 1 N–H and O–H groups in total. The van der Waals surface area contributed by atoms with Gasteiger partial charge in [-0.2, -0.15) is 5.10 Å². The molecule has 160 valence electrons. The Morgan fingerprint density at radius 1 is 1.03 bits per heavy atom. The Bertz CT molecular complexity index is 1140. The zero-order chi connectivity index (χ0) is 22.4. The van der Waals surface area contributed by atoms with Crippen molar-refractivity contribution < 1.29 is 23.8 Å². The van der Waals surface area contributed by atoms with Gasteiger partial charge in [0.2, 0.25) is 0 Å². The highest BCUT2D eigenvalue weighted by molar-refractivity contribution is 9.11. The van der Waals surface area contributed by atoms with Gasteiger partial charge in [0.1, 0.15) is 11.5 Å². The summed E-state index contributed by atoms with van der Waals surface area (Å²) in [6.45, 7) is -0.217. The molecule has 0 aromatic heterocycles. The largest absolute Gasteiger partial charge is 0.496 e. The SMILES string of the molecule is COC(=O)COc1c(Br)cc(/C=N\NC(=O)c2cc3ccccc3cc2OC)cc1Br. The van der Waals surface area contributed by atoms with Gasteiger partial charge < -0.3 is 14.2 Å². The number of hydrogen-bond donors (Lipinski definition) is 1. The molecule has 3 rings (SSSR count). The molecule has 31 heavy (non-hydrogen) atoms. The molecule has 0 saturated carbocycles. The number of ether oxygens (including phenoxy) is 3. The van der Waals surface area contributed by atoms with E-state index in [2.05, 4.69) is 47.1 Å². The van der Waals surface area contributed by atoms with Crippen molar-refractivity contribution in [3.63, 3.8) is 0 Å². The van der Waals surface area contributed by atoms with Crippen LogP contribution in [0, 0.1) is 0 Å². The van der Waals surface area contributed by atoms with Gasteiger partial charge in [-0.05, 0) is 72.5 Å². The predicted molar refractivity (Wildman–Crippen MR) is 125 cm³/mol. The molecule has 0 aliphatic heterocycles. The molecule has 0 atom stereocenters. The molecule has 1 amide bonds. The molecule has 3 aromatic carbocycles. The van der Waals surface area contributed by atoms with E-state index in [4.69, 9.17) is 9.47 Å². The number of halogens is 2. The van der Waals surface area contributed by atoms with Gasteiger partial charge in [0, 0.05) is 0 Å². The van der Waals surface area contributed by atoms with E-state index in [-0.39, 0.29) is 6.61 Å². The first kappa shape index (κ1) is 22.8. The average molecular weight is 550 g/mol. The number of carbonyl (C=O) groups excluding carboxylic acids is 2. The normalized spacial score (nSPS) is 10.8. The fourth-order valence-corrected chi connectivity index (χ4v) is 4.22. The van der Waals surface area contributed by atoms with E-state index in [1.54, 1.807) is 18.2 Å². The van der Waals surface area contributed by atoms with Gasteiger partial charge in [-0.25, -0.2) is 10.2 Å². The van der Waals surface area contributed by atoms with Gasteiger partial charge in [0.25, 0.3) is 5.91 Å². The summed E-state index contributed by atoms with van der Waals surface area (Å²) < 4.78 is 16.6. The summed E-state index contributed by atoms with van der Waals surface area (Å²) in [6, 6.07) is 14.8. The quantitative estimate of drug-likeness (QED) is 0.262. The average Bonchev–Trinajstić information content (AvgIpc) is 2.77. The van der Waals surface area contributed by atoms with Gasteiger partial charge in [-0.15, -0.1) is 0 Å². The fourth-order valence-electron chi connectivity index (χ4n) is 2.77. The van der Waals surface area contributed by atoms with Crippen molar-refractivity contribution in [1.82, 2.24) is 5.43 Å². The van der Waals surface area contributed by atoms with Crippen molar-refractivity contribution >= 4 is 60.7 Å². The van der Waals surface area contributed by atoms with Gasteiger partial charge in [-0.1, -0.05) is 24.3 Å². The number of carbonyl (C=O) groups is 2. The number of benzene rings is 3. The molecular formula is C22H18Br2N2O5. The number of amides is 1. The highest BCUT2D eigenvalue weighted by atomic mass is 79.9. The van der Waals surface area contributed by atoms with Crippen LogP contribution in [0.2, 0.25) is 0 Å². The third kappa shape index (κ3) is 5.62. The third-order valence-corrected chi connectivity index (χ3v) is 5.45. The zero-order valence-corrected chi connectivity index (χ0v) is 19.8. The lowest BCUT2D eigenvalue weighted by molar-refractivity contribution is -0.142. The topological polar surface area (TPSA) is 86.2 Å². The lowest BCUT2D eigenvalue weighted by atomic mass is 10.1. The maximum Gasteiger partial charge on any atom is 0.343 e. The minimum absolute atomic E-state index is 0.217. The number of methoxy groups -OCH3 is 2. The van der Waals surface area contributed by atoms with Crippen molar-refractivity contribution in [3.8, 4) is 11.5 Å². The minimum atomic E-state index is -0.490. The molecule has 0 unspecified atom stereocenters. The van der Waals surface area contributed by atoms with Crippen molar-refractivity contribution in [3.05, 3.63) is 68.6 Å². The van der Waals surface area contributed by atoms with Crippen LogP contribution in [-0.2, 0) is 9.53 Å². The lowest BCUT2D eigenvalue weighted by Crippen LogP contribution is -2.18. The van der Waals surface area contributed by atoms with E-state index in [1.165, 1.54) is 20.4 Å². The molecule has 0 radical (unpaired) electrons. The van der Waals surface area contributed by atoms with Crippen LogP contribution in [0.15, 0.2) is 62.6 Å². The smallest absolute Gasteiger partial charge is 0.343 e. The molecule has 0 spiro atoms. The molecule has 0 aliphatic carbocycles. The Hall–Kier alpha value is -2.91. The van der Waals surface area contributed by atoms with Gasteiger partial charge >= 0.3 is 5.97 Å². The highest BCUT2D eigenvalue weighted by Gasteiger charge is 2.14. The lowest BCUT2D eigenvalue weighted by Gasteiger charge is -2.10. The zero-order valence-electron chi connectivity index (χ0n) is 16.6. The van der Waals surface area contributed by atoms with E-state index in [0.29, 0.717) is 31.6 Å². The summed E-state index contributed by atoms with van der Waals surface area (Å²) in [5.41, 5.74) is 3.59. The summed E-state index contributed by atoms with van der Waals surface area (Å²) in [6.07, 6.45) is 1.49. The highest BCUT2D eigenvalue weighted by Crippen LogP contribution is 2.34. The van der Waals surface area contributed by atoms with E-state index in [9.17, 15) is 9.59 Å². The molecular weight excluding hydrogens is 532 g/mol. The molecule has 0 heterocycles. The van der Waals surface area contributed by atoms with Crippen LogP contribution in [0.25, 0.3) is 10.8 Å². The molecule has 0 aliphatic rings. The van der Waals surface area contributed by atoms with E-state index in [0.717, 1.165) is 10.8 Å². The van der Waals surface area contributed by atoms with Crippen LogP contribution in [0.5, 0.6) is 11.5 Å². The van der Waals surface area contributed by atoms with Crippen LogP contribution in [0.1, 0.15) is 15.9 Å². The maximum absolute atomic E-state index is 12.6. The molecule has 0 fully saturated rings. The fraction of sp³-hybridized carbons (Fsp3) is 0.136. The summed E-state index contributed by atoms with van der Waals surface area (Å²) in [5.74, 6) is 0.0303. The summed E-state index contributed by atoms with van der Waals surface area (Å²) >= 11 is 6.79. The molecule has 0 saturated heterocycles. The van der Waals surface area contributed by atoms with Gasteiger partial charge in [0.15, 0.2) is 6.61 Å². The maximum atomic E-state index is 12.6. The second-order valence-electron chi connectivity index (χ2n) is 6.28. The van der Waals surface area contributed by atoms with Gasteiger partial charge in [0.05, 0.1) is 34.9 Å². The molecule has 0 bridgehead atoms.